The third-order valence-corrected chi connectivity index (χ3v) is 9.11. The second-order valence-corrected chi connectivity index (χ2v) is 12.1. The Morgan fingerprint density at radius 3 is 2.52 bits per heavy atom. The van der Waals surface area contributed by atoms with Gasteiger partial charge in [-0.25, -0.2) is 13.8 Å². The van der Waals surface area contributed by atoms with Crippen molar-refractivity contribution in [2.45, 2.75) is 44.3 Å². The molecular formula is C34H33F5N4O5. The van der Waals surface area contributed by atoms with E-state index in [1.807, 2.05) is 0 Å². The summed E-state index contributed by atoms with van der Waals surface area (Å²) in [4.78, 5) is 15.1. The fraction of sp³-hybridized carbons (Fsp3) is 0.441. The summed E-state index contributed by atoms with van der Waals surface area (Å²) in [5.74, 6) is -0.246. The lowest BCUT2D eigenvalue weighted by atomic mass is 9.76. The lowest BCUT2D eigenvalue weighted by Gasteiger charge is -2.44. The Bertz CT molecular complexity index is 1900. The van der Waals surface area contributed by atoms with E-state index in [0.717, 1.165) is 38.6 Å². The predicted molar refractivity (Wildman–Crippen MR) is 166 cm³/mol. The zero-order valence-electron chi connectivity index (χ0n) is 26.5. The summed E-state index contributed by atoms with van der Waals surface area (Å²) in [5.41, 5.74) is -1.22. The summed E-state index contributed by atoms with van der Waals surface area (Å²) in [6.07, 6.45) is 5.68. The average Bonchev–Trinajstić information content (AvgIpc) is 3.51. The maximum atomic E-state index is 16.9. The molecule has 4 aromatic rings. The Morgan fingerprint density at radius 1 is 1.00 bits per heavy atom. The first-order chi connectivity index (χ1) is 23.0. The van der Waals surface area contributed by atoms with E-state index in [1.165, 1.54) is 32.4 Å². The van der Waals surface area contributed by atoms with Crippen LogP contribution in [0.4, 0.5) is 22.0 Å². The molecule has 0 N–H and O–H groups in total. The smallest absolute Gasteiger partial charge is 0.422 e. The molecule has 0 spiro atoms. The highest BCUT2D eigenvalue weighted by atomic mass is 19.4. The largest absolute Gasteiger partial charge is 0.480 e. The number of alkyl halides is 3. The number of piperidine rings is 1. The van der Waals surface area contributed by atoms with Crippen molar-refractivity contribution in [3.8, 4) is 47.1 Å². The number of ether oxygens (including phenoxy) is 5. The molecule has 1 aliphatic heterocycles. The highest BCUT2D eigenvalue weighted by molar-refractivity contribution is 6.03. The molecule has 2 aromatic heterocycles. The van der Waals surface area contributed by atoms with Crippen LogP contribution in [0.15, 0.2) is 24.3 Å². The van der Waals surface area contributed by atoms with Gasteiger partial charge in [-0.15, -0.1) is 6.42 Å². The highest BCUT2D eigenvalue weighted by Crippen LogP contribution is 2.48. The van der Waals surface area contributed by atoms with E-state index in [1.54, 1.807) is 6.07 Å². The van der Waals surface area contributed by atoms with Crippen molar-refractivity contribution in [3.63, 3.8) is 0 Å². The number of hydrogen-bond acceptors (Lipinski definition) is 9. The quantitative estimate of drug-likeness (QED) is 0.104. The van der Waals surface area contributed by atoms with E-state index in [0.29, 0.717) is 5.39 Å². The van der Waals surface area contributed by atoms with Gasteiger partial charge in [0, 0.05) is 29.5 Å². The zero-order chi connectivity index (χ0) is 34.2. The minimum absolute atomic E-state index is 0.0144. The maximum Gasteiger partial charge on any atom is 0.422 e. The van der Waals surface area contributed by atoms with Crippen molar-refractivity contribution in [1.82, 2.24) is 19.9 Å². The van der Waals surface area contributed by atoms with Gasteiger partial charge in [-0.3, -0.25) is 0 Å². The number of fused-ring (bicyclic) bond motifs is 3. The molecular weight excluding hydrogens is 639 g/mol. The molecule has 1 saturated heterocycles. The van der Waals surface area contributed by atoms with Gasteiger partial charge in [0.1, 0.15) is 28.2 Å². The van der Waals surface area contributed by atoms with Crippen molar-refractivity contribution in [2.75, 3.05) is 47.8 Å². The number of aromatic nitrogens is 3. The molecule has 6 rings (SSSR count). The van der Waals surface area contributed by atoms with Crippen LogP contribution in [0.1, 0.15) is 37.7 Å². The third-order valence-electron chi connectivity index (χ3n) is 9.11. The summed E-state index contributed by atoms with van der Waals surface area (Å²) < 4.78 is 99.1. The molecule has 9 nitrogen and oxygen atoms in total. The first-order valence-corrected chi connectivity index (χ1v) is 15.3. The van der Waals surface area contributed by atoms with Crippen molar-refractivity contribution < 1.29 is 45.6 Å². The molecule has 254 valence electrons. The van der Waals surface area contributed by atoms with Gasteiger partial charge in [0.15, 0.2) is 19.2 Å². The second kappa shape index (κ2) is 13.2. The van der Waals surface area contributed by atoms with E-state index in [9.17, 15) is 17.6 Å². The van der Waals surface area contributed by atoms with Crippen LogP contribution in [0.25, 0.3) is 32.9 Å². The average molecular weight is 673 g/mol. The molecule has 2 aromatic carbocycles. The fourth-order valence-corrected chi connectivity index (χ4v) is 7.07. The van der Waals surface area contributed by atoms with Gasteiger partial charge < -0.3 is 28.6 Å². The van der Waals surface area contributed by atoms with Gasteiger partial charge in [0.05, 0.1) is 19.3 Å². The summed E-state index contributed by atoms with van der Waals surface area (Å²) in [6, 6.07) is 5.47. The number of benzene rings is 2. The monoisotopic (exact) mass is 672 g/mol. The Morgan fingerprint density at radius 2 is 1.79 bits per heavy atom. The second-order valence-electron chi connectivity index (χ2n) is 12.1. The third kappa shape index (κ3) is 6.24. The molecule has 48 heavy (non-hydrogen) atoms. The van der Waals surface area contributed by atoms with Crippen LogP contribution in [0.5, 0.6) is 23.5 Å². The van der Waals surface area contributed by atoms with Gasteiger partial charge in [0.25, 0.3) is 0 Å². The van der Waals surface area contributed by atoms with Crippen molar-refractivity contribution in [3.05, 3.63) is 41.5 Å². The number of rotatable bonds is 10. The number of pyridine rings is 1. The fourth-order valence-electron chi connectivity index (χ4n) is 7.07. The Labute approximate surface area is 273 Å². The topological polar surface area (TPSA) is 88.1 Å². The van der Waals surface area contributed by atoms with Crippen LogP contribution < -0.4 is 18.9 Å². The van der Waals surface area contributed by atoms with E-state index in [4.69, 9.17) is 30.1 Å². The molecule has 0 amide bonds. The van der Waals surface area contributed by atoms with Gasteiger partial charge in [0.2, 0.25) is 11.8 Å². The zero-order valence-corrected chi connectivity index (χ0v) is 26.5. The number of methoxy groups -OCH3 is 2. The Balaban J connectivity index is 1.55. The van der Waals surface area contributed by atoms with E-state index in [2.05, 4.69) is 32.8 Å². The summed E-state index contributed by atoms with van der Waals surface area (Å²) in [7, 11) is 4.68. The highest BCUT2D eigenvalue weighted by Gasteiger charge is 2.47. The number of likely N-dealkylation sites (tertiary alicyclic amines) is 1. The van der Waals surface area contributed by atoms with Crippen molar-refractivity contribution in [1.29, 1.82) is 0 Å². The van der Waals surface area contributed by atoms with Crippen LogP contribution in [-0.2, 0) is 4.74 Å². The molecule has 2 atom stereocenters. The van der Waals surface area contributed by atoms with Crippen LogP contribution >= 0.6 is 0 Å². The molecule has 14 heteroatoms. The Kier molecular flexibility index (Phi) is 9.19. The number of nitrogens with zero attached hydrogens (tertiary/aromatic N) is 4. The lowest BCUT2D eigenvalue weighted by Crippen LogP contribution is -2.50. The van der Waals surface area contributed by atoms with Crippen LogP contribution in [-0.4, -0.2) is 79.9 Å². The van der Waals surface area contributed by atoms with E-state index in [-0.39, 0.29) is 70.1 Å². The minimum atomic E-state index is -4.74. The molecule has 1 saturated carbocycles. The van der Waals surface area contributed by atoms with Gasteiger partial charge in [-0.05, 0) is 62.9 Å². The molecule has 0 radical (unpaired) electrons. The molecule has 2 aliphatic rings. The molecule has 1 aliphatic carbocycles. The minimum Gasteiger partial charge on any atom is -0.480 e. The molecule has 3 heterocycles. The van der Waals surface area contributed by atoms with Crippen molar-refractivity contribution >= 4 is 21.7 Å². The first-order valence-electron chi connectivity index (χ1n) is 15.3. The summed E-state index contributed by atoms with van der Waals surface area (Å²) in [5, 5.41) is 0.197. The molecule has 2 fully saturated rings. The maximum absolute atomic E-state index is 16.9. The van der Waals surface area contributed by atoms with Crippen molar-refractivity contribution in [2.24, 2.45) is 5.41 Å². The summed E-state index contributed by atoms with van der Waals surface area (Å²) in [6.45, 7) is -0.753. The van der Waals surface area contributed by atoms with Gasteiger partial charge in [-0.2, -0.15) is 23.1 Å². The van der Waals surface area contributed by atoms with Crippen LogP contribution in [0, 0.1) is 29.4 Å². The number of terminal acetylenes is 1. The SMILES string of the molecule is C#Cc1c(F)ccc2cc(OCOC)cc(-c3nc(OC)c4c(OCC(F)(F)F)nc(OC[C@]56CCC[C@H]5N(C)CCC6)nc4c3F)c12. The van der Waals surface area contributed by atoms with E-state index >= 15 is 4.39 Å². The van der Waals surface area contributed by atoms with Crippen LogP contribution in [0.3, 0.4) is 0 Å². The van der Waals surface area contributed by atoms with E-state index < -0.39 is 35.8 Å². The molecule has 0 bridgehead atoms. The number of hydrogen-bond donors (Lipinski definition) is 0. The Hall–Kier alpha value is -4.48. The van der Waals surface area contributed by atoms with Gasteiger partial charge in [-0.1, -0.05) is 18.4 Å². The first kappa shape index (κ1) is 33.4. The number of halogens is 5. The normalized spacial score (nSPS) is 19.7. The standard InChI is InChI=1S/C34H33F5N4O5/c1-5-21-23(35)10-9-19-14-20(48-18-44-3)15-22(25(19)21)28-27(36)29-26(30(40-28)45-4)31(46-17-34(37,38)39)42-32(41-29)47-16-33-11-6-8-24(33)43(2)13-7-12-33/h1,9-10,14-15,24H,6-8,11-13,16-18H2,2-4H3/t24-,33-/m1/s1. The molecule has 0 unspecified atom stereocenters. The van der Waals surface area contributed by atoms with Crippen LogP contribution in [0.2, 0.25) is 0 Å². The lowest BCUT2D eigenvalue weighted by molar-refractivity contribution is -0.153. The predicted octanol–water partition coefficient (Wildman–Crippen LogP) is 6.68. The van der Waals surface area contributed by atoms with Gasteiger partial charge >= 0.3 is 12.2 Å². The summed E-state index contributed by atoms with van der Waals surface area (Å²) >= 11 is 0.